The maximum atomic E-state index is 12.2. The second-order valence-electron chi connectivity index (χ2n) is 4.45. The lowest BCUT2D eigenvalue weighted by atomic mass is 10.1. The molecular formula is C16H11ClN2O. The van der Waals surface area contributed by atoms with Crippen LogP contribution in [0.5, 0.6) is 0 Å². The Morgan fingerprint density at radius 2 is 1.95 bits per heavy atom. The van der Waals surface area contributed by atoms with Gasteiger partial charge in [0.25, 0.3) is 0 Å². The molecule has 2 heterocycles. The molecule has 20 heavy (non-hydrogen) atoms. The number of fused-ring (bicyclic) bond motifs is 1. The number of hydrogen-bond acceptors (Lipinski definition) is 3. The third-order valence-electron chi connectivity index (χ3n) is 3.07. The van der Waals surface area contributed by atoms with E-state index in [1.807, 2.05) is 36.4 Å². The van der Waals surface area contributed by atoms with Crippen LogP contribution in [0.2, 0.25) is 5.02 Å². The molecule has 2 aromatic heterocycles. The first-order valence-electron chi connectivity index (χ1n) is 6.21. The average molecular weight is 283 g/mol. The first-order valence-corrected chi connectivity index (χ1v) is 6.59. The molecule has 3 nitrogen and oxygen atoms in total. The van der Waals surface area contributed by atoms with E-state index < -0.39 is 0 Å². The topological polar surface area (TPSA) is 42.9 Å². The Labute approximate surface area is 121 Å². The van der Waals surface area contributed by atoms with Gasteiger partial charge in [-0.05, 0) is 18.2 Å². The molecule has 1 aromatic carbocycles. The fraction of sp³-hybridized carbons (Fsp3) is 0.0625. The van der Waals surface area contributed by atoms with Gasteiger partial charge >= 0.3 is 0 Å². The van der Waals surface area contributed by atoms with Crippen molar-refractivity contribution in [3.05, 3.63) is 71.1 Å². The van der Waals surface area contributed by atoms with Crippen LogP contribution in [0.25, 0.3) is 10.9 Å². The molecule has 0 aliphatic carbocycles. The van der Waals surface area contributed by atoms with E-state index in [4.69, 9.17) is 11.6 Å². The van der Waals surface area contributed by atoms with E-state index >= 15 is 0 Å². The van der Waals surface area contributed by atoms with Crippen molar-refractivity contribution in [3.63, 3.8) is 0 Å². The zero-order valence-electron chi connectivity index (χ0n) is 10.6. The van der Waals surface area contributed by atoms with Gasteiger partial charge in [0.2, 0.25) is 0 Å². The third kappa shape index (κ3) is 2.53. The standard InChI is InChI=1S/C16H11ClN2O/c17-14-10-18-8-7-13(14)16(20)9-12-6-5-11-3-1-2-4-15(11)19-12/h1-8,10H,9H2. The van der Waals surface area contributed by atoms with Gasteiger partial charge in [0.15, 0.2) is 5.78 Å². The van der Waals surface area contributed by atoms with Gasteiger partial charge in [-0.2, -0.15) is 0 Å². The summed E-state index contributed by atoms with van der Waals surface area (Å²) in [4.78, 5) is 20.6. The molecule has 0 aliphatic heterocycles. The molecular weight excluding hydrogens is 272 g/mol. The lowest BCUT2D eigenvalue weighted by Crippen LogP contribution is -2.06. The van der Waals surface area contributed by atoms with Crippen LogP contribution >= 0.6 is 11.6 Å². The minimum Gasteiger partial charge on any atom is -0.294 e. The number of rotatable bonds is 3. The molecule has 0 atom stereocenters. The number of nitrogens with zero attached hydrogens (tertiary/aromatic N) is 2. The van der Waals surface area contributed by atoms with Gasteiger partial charge in [-0.1, -0.05) is 35.9 Å². The van der Waals surface area contributed by atoms with Crippen molar-refractivity contribution in [1.82, 2.24) is 9.97 Å². The van der Waals surface area contributed by atoms with E-state index in [2.05, 4.69) is 9.97 Å². The lowest BCUT2D eigenvalue weighted by Gasteiger charge is -2.04. The quantitative estimate of drug-likeness (QED) is 0.688. The molecule has 0 bridgehead atoms. The van der Waals surface area contributed by atoms with Crippen LogP contribution in [0.4, 0.5) is 0 Å². The molecule has 0 fully saturated rings. The Balaban J connectivity index is 1.89. The Hall–Kier alpha value is -2.26. The molecule has 0 amide bonds. The maximum absolute atomic E-state index is 12.2. The van der Waals surface area contributed by atoms with Crippen molar-refractivity contribution in [2.24, 2.45) is 0 Å². The summed E-state index contributed by atoms with van der Waals surface area (Å²) >= 11 is 5.98. The SMILES string of the molecule is O=C(Cc1ccc2ccccc2n1)c1ccncc1Cl. The number of Topliss-reactive ketones (excluding diaryl/α,β-unsaturated/α-hetero) is 1. The van der Waals surface area contributed by atoms with Crippen LogP contribution < -0.4 is 0 Å². The maximum Gasteiger partial charge on any atom is 0.170 e. The van der Waals surface area contributed by atoms with E-state index in [1.165, 1.54) is 6.20 Å². The van der Waals surface area contributed by atoms with Crippen LogP contribution in [0.3, 0.4) is 0 Å². The second-order valence-corrected chi connectivity index (χ2v) is 4.86. The predicted octanol–water partition coefficient (Wildman–Crippen LogP) is 3.71. The summed E-state index contributed by atoms with van der Waals surface area (Å²) in [6.07, 6.45) is 3.27. The van der Waals surface area contributed by atoms with E-state index in [0.29, 0.717) is 10.6 Å². The van der Waals surface area contributed by atoms with E-state index in [1.54, 1.807) is 12.3 Å². The number of hydrogen-bond donors (Lipinski definition) is 0. The monoisotopic (exact) mass is 282 g/mol. The van der Waals surface area contributed by atoms with Crippen LogP contribution in [0.1, 0.15) is 16.1 Å². The van der Waals surface area contributed by atoms with Gasteiger partial charge in [-0.15, -0.1) is 0 Å². The zero-order valence-corrected chi connectivity index (χ0v) is 11.3. The summed E-state index contributed by atoms with van der Waals surface area (Å²) in [5.41, 5.74) is 2.11. The number of para-hydroxylation sites is 1. The van der Waals surface area contributed by atoms with E-state index in [0.717, 1.165) is 16.6 Å². The smallest absolute Gasteiger partial charge is 0.170 e. The molecule has 0 aliphatic rings. The Morgan fingerprint density at radius 1 is 1.10 bits per heavy atom. The number of pyridine rings is 2. The predicted molar refractivity (Wildman–Crippen MR) is 79.0 cm³/mol. The highest BCUT2D eigenvalue weighted by molar-refractivity contribution is 6.33. The average Bonchev–Trinajstić information content (AvgIpc) is 2.47. The molecule has 0 spiro atoms. The van der Waals surface area contributed by atoms with Crippen molar-refractivity contribution in [1.29, 1.82) is 0 Å². The molecule has 4 heteroatoms. The first kappa shape index (κ1) is 12.8. The highest BCUT2D eigenvalue weighted by atomic mass is 35.5. The van der Waals surface area contributed by atoms with Gasteiger partial charge in [-0.25, -0.2) is 0 Å². The summed E-state index contributed by atoms with van der Waals surface area (Å²) in [5.74, 6) is -0.0554. The number of carbonyl (C=O) groups excluding carboxylic acids is 1. The molecule has 98 valence electrons. The van der Waals surface area contributed by atoms with Crippen molar-refractivity contribution >= 4 is 28.3 Å². The van der Waals surface area contributed by atoms with Gasteiger partial charge < -0.3 is 0 Å². The fourth-order valence-electron chi connectivity index (χ4n) is 2.07. The number of aromatic nitrogens is 2. The zero-order chi connectivity index (χ0) is 13.9. The molecule has 3 aromatic rings. The van der Waals surface area contributed by atoms with Crippen molar-refractivity contribution in [2.45, 2.75) is 6.42 Å². The minimum absolute atomic E-state index is 0.0554. The van der Waals surface area contributed by atoms with Gasteiger partial charge in [0.1, 0.15) is 0 Å². The molecule has 0 saturated heterocycles. The lowest BCUT2D eigenvalue weighted by molar-refractivity contribution is 0.0992. The third-order valence-corrected chi connectivity index (χ3v) is 3.37. The van der Waals surface area contributed by atoms with E-state index in [-0.39, 0.29) is 12.2 Å². The van der Waals surface area contributed by atoms with Crippen molar-refractivity contribution in [3.8, 4) is 0 Å². The Bertz CT molecular complexity index is 786. The number of ketones is 1. The van der Waals surface area contributed by atoms with Crippen LogP contribution in [0.15, 0.2) is 54.9 Å². The van der Waals surface area contributed by atoms with Crippen LogP contribution in [-0.4, -0.2) is 15.8 Å². The number of benzene rings is 1. The minimum atomic E-state index is -0.0554. The van der Waals surface area contributed by atoms with Crippen molar-refractivity contribution in [2.75, 3.05) is 0 Å². The number of carbonyl (C=O) groups is 1. The van der Waals surface area contributed by atoms with E-state index in [9.17, 15) is 4.79 Å². The van der Waals surface area contributed by atoms with Gasteiger partial charge in [0, 0.05) is 29.0 Å². The summed E-state index contributed by atoms with van der Waals surface area (Å²) in [6, 6.07) is 13.3. The molecule has 0 unspecified atom stereocenters. The summed E-state index contributed by atoms with van der Waals surface area (Å²) in [6.45, 7) is 0. The van der Waals surface area contributed by atoms with Gasteiger partial charge in [-0.3, -0.25) is 14.8 Å². The molecule has 0 N–H and O–H groups in total. The van der Waals surface area contributed by atoms with Crippen LogP contribution in [-0.2, 0) is 6.42 Å². The summed E-state index contributed by atoms with van der Waals surface area (Å²) in [7, 11) is 0. The normalized spacial score (nSPS) is 10.7. The molecule has 0 radical (unpaired) electrons. The fourth-order valence-corrected chi connectivity index (χ4v) is 2.29. The van der Waals surface area contributed by atoms with Gasteiger partial charge in [0.05, 0.1) is 17.0 Å². The highest BCUT2D eigenvalue weighted by Gasteiger charge is 2.11. The Morgan fingerprint density at radius 3 is 2.80 bits per heavy atom. The molecule has 0 saturated carbocycles. The second kappa shape index (κ2) is 5.39. The van der Waals surface area contributed by atoms with Crippen molar-refractivity contribution < 1.29 is 4.79 Å². The first-order chi connectivity index (χ1) is 9.74. The largest absolute Gasteiger partial charge is 0.294 e. The summed E-state index contributed by atoms with van der Waals surface area (Å²) < 4.78 is 0. The highest BCUT2D eigenvalue weighted by Crippen LogP contribution is 2.17. The summed E-state index contributed by atoms with van der Waals surface area (Å²) in [5, 5.41) is 1.43. The van der Waals surface area contributed by atoms with Crippen LogP contribution in [0, 0.1) is 0 Å². The Kier molecular flexibility index (Phi) is 3.44. The number of halogens is 1. The molecule has 3 rings (SSSR count).